The van der Waals surface area contributed by atoms with Gasteiger partial charge in [-0.05, 0) is 75.3 Å². The second-order valence-electron chi connectivity index (χ2n) is 8.02. The standard InChI is InChI=1S/C24H29N3O4/c1-17-24(29)27(15-14-26-12-4-3-5-13-26)21-16-19(8-11-22(21)31-17)25-23(28)18-6-9-20(30-2)10-7-18/h6-11,16-17H,3-5,12-15H2,1-2H3,(H,25,28). The van der Waals surface area contributed by atoms with Gasteiger partial charge in [-0.1, -0.05) is 6.42 Å². The van der Waals surface area contributed by atoms with Gasteiger partial charge in [-0.15, -0.1) is 0 Å². The largest absolute Gasteiger partial charge is 0.497 e. The highest BCUT2D eigenvalue weighted by atomic mass is 16.5. The molecule has 1 saturated heterocycles. The molecular weight excluding hydrogens is 394 g/mol. The average molecular weight is 424 g/mol. The Kier molecular flexibility index (Phi) is 6.42. The van der Waals surface area contributed by atoms with Crippen molar-refractivity contribution in [2.24, 2.45) is 0 Å². The number of ether oxygens (including phenoxy) is 2. The molecule has 4 rings (SSSR count). The molecule has 0 saturated carbocycles. The SMILES string of the molecule is COc1ccc(C(=O)Nc2ccc3c(c2)N(CCN2CCCCC2)C(=O)C(C)O3)cc1. The number of nitrogens with one attached hydrogen (secondary N) is 1. The Morgan fingerprint density at radius 2 is 1.84 bits per heavy atom. The molecule has 31 heavy (non-hydrogen) atoms. The highest BCUT2D eigenvalue weighted by molar-refractivity contribution is 6.05. The van der Waals surface area contributed by atoms with Gasteiger partial charge < -0.3 is 24.6 Å². The summed E-state index contributed by atoms with van der Waals surface area (Å²) in [7, 11) is 1.59. The molecule has 2 aromatic carbocycles. The molecule has 2 amide bonds. The fourth-order valence-electron chi connectivity index (χ4n) is 4.09. The molecule has 164 valence electrons. The number of carbonyl (C=O) groups is 2. The second kappa shape index (κ2) is 9.39. The van der Waals surface area contributed by atoms with Crippen LogP contribution in [0.1, 0.15) is 36.5 Å². The van der Waals surface area contributed by atoms with Crippen molar-refractivity contribution in [1.29, 1.82) is 0 Å². The number of fused-ring (bicyclic) bond motifs is 1. The molecule has 2 aliphatic rings. The van der Waals surface area contributed by atoms with Gasteiger partial charge in [0, 0.05) is 24.3 Å². The Morgan fingerprint density at radius 3 is 2.55 bits per heavy atom. The van der Waals surface area contributed by atoms with E-state index in [4.69, 9.17) is 9.47 Å². The molecule has 0 spiro atoms. The lowest BCUT2D eigenvalue weighted by molar-refractivity contribution is -0.125. The van der Waals surface area contributed by atoms with Crippen molar-refractivity contribution in [3.05, 3.63) is 48.0 Å². The third-order valence-corrected chi connectivity index (χ3v) is 5.87. The molecule has 7 nitrogen and oxygen atoms in total. The maximum Gasteiger partial charge on any atom is 0.267 e. The van der Waals surface area contributed by atoms with Gasteiger partial charge in [0.2, 0.25) is 0 Å². The number of hydrogen-bond donors (Lipinski definition) is 1. The van der Waals surface area contributed by atoms with Crippen molar-refractivity contribution >= 4 is 23.2 Å². The Morgan fingerprint density at radius 1 is 1.10 bits per heavy atom. The van der Waals surface area contributed by atoms with Gasteiger partial charge in [-0.2, -0.15) is 0 Å². The fraction of sp³-hybridized carbons (Fsp3) is 0.417. The molecule has 2 aliphatic heterocycles. The summed E-state index contributed by atoms with van der Waals surface area (Å²) in [6.45, 7) is 5.38. The molecule has 0 aromatic heterocycles. The van der Waals surface area contributed by atoms with E-state index < -0.39 is 6.10 Å². The summed E-state index contributed by atoms with van der Waals surface area (Å²) >= 11 is 0. The minimum Gasteiger partial charge on any atom is -0.497 e. The van der Waals surface area contributed by atoms with Gasteiger partial charge in [-0.3, -0.25) is 9.59 Å². The van der Waals surface area contributed by atoms with E-state index in [1.165, 1.54) is 19.3 Å². The first-order valence-electron chi connectivity index (χ1n) is 10.8. The number of piperidine rings is 1. The van der Waals surface area contributed by atoms with E-state index in [1.54, 1.807) is 49.3 Å². The lowest BCUT2D eigenvalue weighted by Crippen LogP contribution is -2.48. The molecule has 0 bridgehead atoms. The molecule has 2 heterocycles. The van der Waals surface area contributed by atoms with Crippen LogP contribution in [0.25, 0.3) is 0 Å². The third-order valence-electron chi connectivity index (χ3n) is 5.87. The quantitative estimate of drug-likeness (QED) is 0.770. The Balaban J connectivity index is 1.50. The molecule has 2 aromatic rings. The summed E-state index contributed by atoms with van der Waals surface area (Å²) in [5.74, 6) is 1.08. The molecule has 1 fully saturated rings. The van der Waals surface area contributed by atoms with Crippen molar-refractivity contribution < 1.29 is 19.1 Å². The number of benzene rings is 2. The average Bonchev–Trinajstić information content (AvgIpc) is 2.80. The van der Waals surface area contributed by atoms with Crippen molar-refractivity contribution in [3.8, 4) is 11.5 Å². The molecule has 0 radical (unpaired) electrons. The van der Waals surface area contributed by atoms with E-state index in [1.807, 2.05) is 12.1 Å². The first kappa shape index (κ1) is 21.2. The highest BCUT2D eigenvalue weighted by Crippen LogP contribution is 2.36. The van der Waals surface area contributed by atoms with Gasteiger partial charge >= 0.3 is 0 Å². The molecule has 1 N–H and O–H groups in total. The monoisotopic (exact) mass is 423 g/mol. The topological polar surface area (TPSA) is 71.1 Å². The Labute approximate surface area is 182 Å². The number of amides is 2. The number of carbonyl (C=O) groups excluding carboxylic acids is 2. The van der Waals surface area contributed by atoms with Gasteiger partial charge in [-0.25, -0.2) is 0 Å². The molecular formula is C24H29N3O4. The third kappa shape index (κ3) is 4.82. The van der Waals surface area contributed by atoms with Gasteiger partial charge in [0.1, 0.15) is 11.5 Å². The van der Waals surface area contributed by atoms with Crippen LogP contribution < -0.4 is 19.7 Å². The number of methoxy groups -OCH3 is 1. The summed E-state index contributed by atoms with van der Waals surface area (Å²) in [5, 5.41) is 2.91. The van der Waals surface area contributed by atoms with Crippen LogP contribution in [0, 0.1) is 0 Å². The summed E-state index contributed by atoms with van der Waals surface area (Å²) in [5.41, 5.74) is 1.85. The second-order valence-corrected chi connectivity index (χ2v) is 8.02. The van der Waals surface area contributed by atoms with Crippen LogP contribution in [0.3, 0.4) is 0 Å². The summed E-state index contributed by atoms with van der Waals surface area (Å²) < 4.78 is 10.9. The minimum atomic E-state index is -0.520. The van der Waals surface area contributed by atoms with Crippen LogP contribution in [-0.4, -0.2) is 56.1 Å². The van der Waals surface area contributed by atoms with Crippen molar-refractivity contribution in [3.63, 3.8) is 0 Å². The number of hydrogen-bond acceptors (Lipinski definition) is 5. The highest BCUT2D eigenvalue weighted by Gasteiger charge is 2.32. The zero-order valence-corrected chi connectivity index (χ0v) is 18.1. The smallest absolute Gasteiger partial charge is 0.267 e. The predicted octanol–water partition coefficient (Wildman–Crippen LogP) is 3.55. The van der Waals surface area contributed by atoms with E-state index in [-0.39, 0.29) is 11.8 Å². The predicted molar refractivity (Wildman–Crippen MR) is 120 cm³/mol. The maximum atomic E-state index is 12.9. The number of nitrogens with zero attached hydrogens (tertiary/aromatic N) is 2. The fourth-order valence-corrected chi connectivity index (χ4v) is 4.09. The first-order chi connectivity index (χ1) is 15.0. The van der Waals surface area contributed by atoms with Crippen LogP contribution in [0.5, 0.6) is 11.5 Å². The van der Waals surface area contributed by atoms with Crippen molar-refractivity contribution in [2.45, 2.75) is 32.3 Å². The van der Waals surface area contributed by atoms with E-state index >= 15 is 0 Å². The Hall–Kier alpha value is -3.06. The Bertz CT molecular complexity index is 938. The minimum absolute atomic E-state index is 0.0526. The van der Waals surface area contributed by atoms with Gasteiger partial charge in [0.25, 0.3) is 11.8 Å². The maximum absolute atomic E-state index is 12.9. The number of likely N-dealkylation sites (tertiary alicyclic amines) is 1. The molecule has 1 atom stereocenters. The lowest BCUT2D eigenvalue weighted by Gasteiger charge is -2.35. The number of rotatable bonds is 6. The molecule has 0 aliphatic carbocycles. The summed E-state index contributed by atoms with van der Waals surface area (Å²) in [6, 6.07) is 12.4. The van der Waals surface area contributed by atoms with E-state index in [0.29, 0.717) is 35.0 Å². The van der Waals surface area contributed by atoms with Crippen LogP contribution in [0.15, 0.2) is 42.5 Å². The van der Waals surface area contributed by atoms with Gasteiger partial charge in [0.05, 0.1) is 12.8 Å². The van der Waals surface area contributed by atoms with Crippen LogP contribution in [0.2, 0.25) is 0 Å². The van der Waals surface area contributed by atoms with Crippen LogP contribution in [-0.2, 0) is 4.79 Å². The van der Waals surface area contributed by atoms with Crippen LogP contribution >= 0.6 is 0 Å². The van der Waals surface area contributed by atoms with Crippen LogP contribution in [0.4, 0.5) is 11.4 Å². The number of anilines is 2. The van der Waals surface area contributed by atoms with E-state index in [0.717, 1.165) is 19.6 Å². The normalized spacial score (nSPS) is 18.8. The zero-order chi connectivity index (χ0) is 21.8. The zero-order valence-electron chi connectivity index (χ0n) is 18.1. The van der Waals surface area contributed by atoms with Gasteiger partial charge in [0.15, 0.2) is 6.10 Å². The lowest BCUT2D eigenvalue weighted by atomic mass is 10.1. The van der Waals surface area contributed by atoms with E-state index in [2.05, 4.69) is 10.2 Å². The first-order valence-corrected chi connectivity index (χ1v) is 10.8. The summed E-state index contributed by atoms with van der Waals surface area (Å²) in [4.78, 5) is 29.7. The van der Waals surface area contributed by atoms with Crippen molar-refractivity contribution in [2.75, 3.05) is 43.5 Å². The van der Waals surface area contributed by atoms with E-state index in [9.17, 15) is 9.59 Å². The van der Waals surface area contributed by atoms with Crippen molar-refractivity contribution in [1.82, 2.24) is 4.90 Å². The molecule has 1 unspecified atom stereocenters. The molecule has 7 heteroatoms. The summed E-state index contributed by atoms with van der Waals surface area (Å²) in [6.07, 6.45) is 3.19.